The van der Waals surface area contributed by atoms with Crippen molar-refractivity contribution in [3.63, 3.8) is 0 Å². The van der Waals surface area contributed by atoms with Crippen molar-refractivity contribution in [1.29, 1.82) is 0 Å². The van der Waals surface area contributed by atoms with Gasteiger partial charge in [0.25, 0.3) is 11.1 Å². The largest absolute Gasteiger partial charge is 0.506 e. The first-order valence-corrected chi connectivity index (χ1v) is 14.7. The number of hydrogen-bond donors (Lipinski definition) is 1. The summed E-state index contributed by atoms with van der Waals surface area (Å²) in [6, 6.07) is 4.49. The average Bonchev–Trinajstić information content (AvgIpc) is 3.39. The Morgan fingerprint density at radius 3 is 1.65 bits per heavy atom. The number of aromatic hydroxyl groups is 1. The van der Waals surface area contributed by atoms with Crippen molar-refractivity contribution in [3.8, 4) is 33.8 Å². The first kappa shape index (κ1) is 31.0. The summed E-state index contributed by atoms with van der Waals surface area (Å²) >= 11 is 24.1. The van der Waals surface area contributed by atoms with E-state index in [2.05, 4.69) is 4.85 Å². The van der Waals surface area contributed by atoms with E-state index in [0.717, 1.165) is 43.9 Å². The van der Waals surface area contributed by atoms with Gasteiger partial charge in [0.05, 0.1) is 21.2 Å². The molecule has 0 saturated carbocycles. The Bertz CT molecular complexity index is 1890. The highest BCUT2D eigenvalue weighted by Gasteiger charge is 2.26. The van der Waals surface area contributed by atoms with Gasteiger partial charge in [-0.1, -0.05) is 46.4 Å². The van der Waals surface area contributed by atoms with Crippen molar-refractivity contribution in [1.82, 2.24) is 18.7 Å². The van der Waals surface area contributed by atoms with E-state index in [1.54, 1.807) is 9.36 Å². The first-order chi connectivity index (χ1) is 20.5. The van der Waals surface area contributed by atoms with Crippen molar-refractivity contribution in [2.75, 3.05) is 6.73 Å². The molecule has 0 unspecified atom stereocenters. The highest BCUT2D eigenvalue weighted by molar-refractivity contribution is 6.34. The van der Waals surface area contributed by atoms with Crippen LogP contribution >= 0.6 is 46.4 Å². The SMILES string of the molecule is O=c1c(-c2cc(O)c(Cl)cc2F)c(Cl)n2n1CCCC2.[C-]#[N+]COc1cc(-c2c(Cl)n3n(c2=O)CCCC3)c(F)cc1Cl. The highest BCUT2D eigenvalue weighted by Crippen LogP contribution is 2.37. The third kappa shape index (κ3) is 5.77. The van der Waals surface area contributed by atoms with Gasteiger partial charge < -0.3 is 9.84 Å². The molecule has 9 nitrogen and oxygen atoms in total. The van der Waals surface area contributed by atoms with E-state index in [1.807, 2.05) is 0 Å². The Balaban J connectivity index is 0.000000173. The van der Waals surface area contributed by atoms with Gasteiger partial charge in [-0.05, 0) is 49.9 Å². The van der Waals surface area contributed by atoms with Crippen molar-refractivity contribution in [2.24, 2.45) is 0 Å². The van der Waals surface area contributed by atoms with Crippen molar-refractivity contribution >= 4 is 46.4 Å². The quantitative estimate of drug-likeness (QED) is 0.235. The number of hydrogen-bond acceptors (Lipinski definition) is 4. The van der Waals surface area contributed by atoms with Crippen LogP contribution in [0, 0.1) is 18.2 Å². The fraction of sp³-hybridized carbons (Fsp3) is 0.321. The monoisotopic (exact) mass is 671 g/mol. The number of phenols is 1. The maximum Gasteiger partial charge on any atom is 0.357 e. The van der Waals surface area contributed by atoms with Gasteiger partial charge in [-0.15, -0.1) is 0 Å². The molecule has 1 N–H and O–H groups in total. The van der Waals surface area contributed by atoms with Gasteiger partial charge in [-0.2, -0.15) is 0 Å². The Hall–Kier alpha value is -3.43. The lowest BCUT2D eigenvalue weighted by Crippen LogP contribution is -2.27. The number of ether oxygens (including phenoxy) is 1. The molecule has 2 aromatic carbocycles. The maximum atomic E-state index is 14.3. The number of aromatic nitrogens is 4. The van der Waals surface area contributed by atoms with Crippen molar-refractivity contribution in [2.45, 2.75) is 51.9 Å². The lowest BCUT2D eigenvalue weighted by atomic mass is 10.1. The third-order valence-corrected chi connectivity index (χ3v) is 8.57. The van der Waals surface area contributed by atoms with Crippen LogP contribution < -0.4 is 15.9 Å². The summed E-state index contributed by atoms with van der Waals surface area (Å²) in [5.74, 6) is -1.49. The molecular formula is C28H23Cl4F2N5O4. The summed E-state index contributed by atoms with van der Waals surface area (Å²) in [5, 5.41) is 9.94. The molecule has 0 saturated heterocycles. The molecule has 6 rings (SSSR count). The summed E-state index contributed by atoms with van der Waals surface area (Å²) in [6.45, 7) is 8.84. The van der Waals surface area contributed by atoms with Crippen LogP contribution in [0.15, 0.2) is 33.9 Å². The fourth-order valence-electron chi connectivity index (χ4n) is 5.17. The molecule has 4 heterocycles. The summed E-state index contributed by atoms with van der Waals surface area (Å²) < 4.78 is 39.9. The molecule has 0 fully saturated rings. The lowest BCUT2D eigenvalue weighted by molar-refractivity contribution is 0.356. The van der Waals surface area contributed by atoms with E-state index in [9.17, 15) is 23.5 Å². The lowest BCUT2D eigenvalue weighted by Gasteiger charge is -2.17. The zero-order valence-electron chi connectivity index (χ0n) is 22.3. The maximum absolute atomic E-state index is 14.3. The Kier molecular flexibility index (Phi) is 9.13. The minimum Gasteiger partial charge on any atom is -0.506 e. The Labute approximate surface area is 263 Å². The molecule has 43 heavy (non-hydrogen) atoms. The predicted molar refractivity (Wildman–Crippen MR) is 160 cm³/mol. The van der Waals surface area contributed by atoms with Crippen LogP contribution in [0.5, 0.6) is 11.5 Å². The Morgan fingerprint density at radius 2 is 1.19 bits per heavy atom. The third-order valence-electron chi connectivity index (χ3n) is 7.21. The molecular weight excluding hydrogens is 650 g/mol. The number of phenolic OH excluding ortho intramolecular Hbond substituents is 1. The smallest absolute Gasteiger partial charge is 0.357 e. The molecule has 0 radical (unpaired) electrons. The molecule has 0 aliphatic carbocycles. The van der Waals surface area contributed by atoms with Crippen molar-refractivity contribution in [3.05, 3.63) is 88.4 Å². The molecule has 4 aromatic rings. The van der Waals surface area contributed by atoms with Crippen LogP contribution in [0.2, 0.25) is 20.4 Å². The number of benzene rings is 2. The molecule has 15 heteroatoms. The number of rotatable bonds is 4. The van der Waals surface area contributed by atoms with E-state index in [-0.39, 0.29) is 72.0 Å². The van der Waals surface area contributed by atoms with E-state index in [4.69, 9.17) is 57.7 Å². The Morgan fingerprint density at radius 1 is 0.744 bits per heavy atom. The number of nitrogens with zero attached hydrogens (tertiary/aromatic N) is 5. The summed E-state index contributed by atoms with van der Waals surface area (Å²) in [5.41, 5.74) is -0.536. The van der Waals surface area contributed by atoms with Crippen LogP contribution in [0.3, 0.4) is 0 Å². The molecule has 226 valence electrons. The summed E-state index contributed by atoms with van der Waals surface area (Å²) in [4.78, 5) is 28.0. The molecule has 0 spiro atoms. The van der Waals surface area contributed by atoms with E-state index >= 15 is 0 Å². The molecule has 2 aromatic heterocycles. The molecule has 0 amide bonds. The number of halogens is 6. The normalized spacial score (nSPS) is 13.9. The molecule has 2 aliphatic rings. The van der Waals surface area contributed by atoms with Crippen LogP contribution in [-0.4, -0.2) is 30.6 Å². The van der Waals surface area contributed by atoms with Crippen LogP contribution in [0.25, 0.3) is 27.1 Å². The number of fused-ring (bicyclic) bond motifs is 2. The molecule has 0 bridgehead atoms. The minimum absolute atomic E-state index is 0.0266. The standard InChI is InChI=1S/C15H12Cl2FN3O2.C13H11Cl2FN2O2/c1-19-8-23-12-6-9(11(18)7-10(12)16)13-14(17)20-4-2-3-5-21(20)15(13)22;14-8-6-9(16)7(5-10(8)19)11-12(15)17-3-1-2-4-18(17)13(11)20/h6-7H,2-5,8H2;5-6,19H,1-4H2. The van der Waals surface area contributed by atoms with Crippen molar-refractivity contribution < 1.29 is 18.6 Å². The van der Waals surface area contributed by atoms with Crippen LogP contribution in [0.4, 0.5) is 8.78 Å². The zero-order valence-corrected chi connectivity index (χ0v) is 25.4. The molecule has 2 aliphatic heterocycles. The van der Waals surface area contributed by atoms with Gasteiger partial charge in [0.15, 0.2) is 0 Å². The van der Waals surface area contributed by atoms with Gasteiger partial charge in [-0.25, -0.2) is 24.7 Å². The topological polar surface area (TPSA) is 87.7 Å². The fourth-order valence-corrected chi connectivity index (χ4v) is 6.24. The average molecular weight is 673 g/mol. The van der Waals surface area contributed by atoms with Gasteiger partial charge in [-0.3, -0.25) is 23.8 Å². The van der Waals surface area contributed by atoms with Gasteiger partial charge in [0.1, 0.15) is 33.4 Å². The van der Waals surface area contributed by atoms with Crippen LogP contribution in [0.1, 0.15) is 25.7 Å². The minimum atomic E-state index is -0.685. The second kappa shape index (κ2) is 12.7. The first-order valence-electron chi connectivity index (χ1n) is 13.2. The zero-order chi connectivity index (χ0) is 31.0. The van der Waals surface area contributed by atoms with Gasteiger partial charge >= 0.3 is 6.73 Å². The van der Waals surface area contributed by atoms with Gasteiger partial charge in [0, 0.05) is 37.3 Å². The molecule has 0 atom stereocenters. The van der Waals surface area contributed by atoms with E-state index < -0.39 is 11.6 Å². The highest BCUT2D eigenvalue weighted by atomic mass is 35.5. The van der Waals surface area contributed by atoms with Gasteiger partial charge in [0.2, 0.25) is 0 Å². The van der Waals surface area contributed by atoms with Crippen LogP contribution in [-0.2, 0) is 26.2 Å². The summed E-state index contributed by atoms with van der Waals surface area (Å²) in [7, 11) is 0. The second-order valence-corrected chi connectivity index (χ2v) is 11.4. The van der Waals surface area contributed by atoms with E-state index in [0.29, 0.717) is 26.2 Å². The summed E-state index contributed by atoms with van der Waals surface area (Å²) in [6.07, 6.45) is 3.59. The predicted octanol–water partition coefficient (Wildman–Crippen LogP) is 7.07. The second-order valence-electron chi connectivity index (χ2n) is 9.83. The van der Waals surface area contributed by atoms with E-state index in [1.165, 1.54) is 15.4 Å².